The highest BCUT2D eigenvalue weighted by atomic mass is 32.2. The molecule has 20 heavy (non-hydrogen) atoms. The molecule has 0 atom stereocenters. The van der Waals surface area contributed by atoms with Gasteiger partial charge in [-0.3, -0.25) is 9.48 Å². The number of sulfonamides is 1. The predicted octanol–water partition coefficient (Wildman–Crippen LogP) is -0.660. The second kappa shape index (κ2) is 5.15. The summed E-state index contributed by atoms with van der Waals surface area (Å²) < 4.78 is 27.4. The van der Waals surface area contributed by atoms with E-state index in [9.17, 15) is 18.3 Å². The molecule has 8 nitrogen and oxygen atoms in total. The first-order chi connectivity index (χ1) is 9.23. The number of nitrogens with zero attached hydrogens (tertiary/aromatic N) is 3. The van der Waals surface area contributed by atoms with E-state index in [1.54, 1.807) is 13.8 Å². The number of aliphatic carboxylic acids is 1. The highest BCUT2D eigenvalue weighted by Gasteiger charge is 2.38. The van der Waals surface area contributed by atoms with Crippen LogP contribution in [0, 0.1) is 13.8 Å². The number of aryl methyl sites for hydroxylation is 2. The summed E-state index contributed by atoms with van der Waals surface area (Å²) in [5.41, 5.74) is 0.763. The van der Waals surface area contributed by atoms with Crippen LogP contribution in [0.25, 0.3) is 0 Å². The number of aliphatic hydroxyl groups excluding tert-OH is 1. The van der Waals surface area contributed by atoms with Crippen molar-refractivity contribution in [2.75, 3.05) is 13.1 Å². The first kappa shape index (κ1) is 14.9. The van der Waals surface area contributed by atoms with Crippen molar-refractivity contribution < 1.29 is 23.4 Å². The fourth-order valence-electron chi connectivity index (χ4n) is 2.22. The largest absolute Gasteiger partial charge is 0.481 e. The Kier molecular flexibility index (Phi) is 3.85. The molecular formula is C11H17N3O5S. The van der Waals surface area contributed by atoms with Gasteiger partial charge in [0, 0.05) is 13.1 Å². The maximum absolute atomic E-state index is 12.4. The molecule has 1 aliphatic rings. The van der Waals surface area contributed by atoms with Crippen LogP contribution in [-0.2, 0) is 21.4 Å². The first-order valence-electron chi connectivity index (χ1n) is 6.17. The Bertz CT molecular complexity index is 631. The van der Waals surface area contributed by atoms with Gasteiger partial charge in [0.25, 0.3) is 0 Å². The van der Waals surface area contributed by atoms with E-state index in [1.807, 2.05) is 0 Å². The van der Waals surface area contributed by atoms with Gasteiger partial charge in [0.1, 0.15) is 4.90 Å². The molecule has 1 saturated heterocycles. The number of β-amino-alcohol motifs (C(OH)–C–C–N with tert-alkyl or cyclic N) is 1. The molecule has 1 fully saturated rings. The molecule has 112 valence electrons. The third-order valence-electron chi connectivity index (χ3n) is 3.28. The van der Waals surface area contributed by atoms with Gasteiger partial charge < -0.3 is 10.2 Å². The van der Waals surface area contributed by atoms with Gasteiger partial charge in [-0.1, -0.05) is 0 Å². The number of carboxylic acid groups (broad SMARTS) is 1. The smallest absolute Gasteiger partial charge is 0.305 e. The third-order valence-corrected chi connectivity index (χ3v) is 5.36. The average molecular weight is 303 g/mol. The predicted molar refractivity (Wildman–Crippen MR) is 68.7 cm³/mol. The molecular weight excluding hydrogens is 286 g/mol. The van der Waals surface area contributed by atoms with Gasteiger partial charge in [-0.25, -0.2) is 8.42 Å². The Morgan fingerprint density at radius 2 is 2.00 bits per heavy atom. The fourth-order valence-corrected chi connectivity index (χ4v) is 4.10. The number of rotatable bonds is 5. The Morgan fingerprint density at radius 3 is 2.50 bits per heavy atom. The lowest BCUT2D eigenvalue weighted by molar-refractivity contribution is -0.137. The summed E-state index contributed by atoms with van der Waals surface area (Å²) in [5, 5.41) is 22.0. The molecule has 1 aromatic rings. The molecule has 2 heterocycles. The molecule has 1 aliphatic heterocycles. The van der Waals surface area contributed by atoms with Crippen LogP contribution >= 0.6 is 0 Å². The number of hydrogen-bond acceptors (Lipinski definition) is 5. The van der Waals surface area contributed by atoms with Crippen molar-refractivity contribution in [3.05, 3.63) is 11.4 Å². The van der Waals surface area contributed by atoms with Crippen LogP contribution in [-0.4, -0.2) is 57.9 Å². The van der Waals surface area contributed by atoms with Crippen molar-refractivity contribution in [3.63, 3.8) is 0 Å². The summed E-state index contributed by atoms with van der Waals surface area (Å²) >= 11 is 0. The highest BCUT2D eigenvalue weighted by Crippen LogP contribution is 2.26. The van der Waals surface area contributed by atoms with Crippen molar-refractivity contribution in [3.8, 4) is 0 Å². The molecule has 0 bridgehead atoms. The minimum atomic E-state index is -3.67. The molecule has 0 amide bonds. The number of aliphatic hydroxyl groups is 1. The highest BCUT2D eigenvalue weighted by molar-refractivity contribution is 7.89. The minimum Gasteiger partial charge on any atom is -0.481 e. The van der Waals surface area contributed by atoms with E-state index in [2.05, 4.69) is 5.10 Å². The number of carbonyl (C=O) groups is 1. The SMILES string of the molecule is Cc1nn(CCC(=O)O)c(C)c1S(=O)(=O)N1CC(O)C1. The molecule has 0 spiro atoms. The lowest BCUT2D eigenvalue weighted by Gasteiger charge is -2.34. The topological polar surface area (TPSA) is 113 Å². The Hall–Kier alpha value is -1.45. The monoisotopic (exact) mass is 303 g/mol. The number of aromatic nitrogens is 2. The third kappa shape index (κ3) is 2.56. The number of carboxylic acids is 1. The lowest BCUT2D eigenvalue weighted by Crippen LogP contribution is -2.53. The second-order valence-corrected chi connectivity index (χ2v) is 6.72. The second-order valence-electron chi connectivity index (χ2n) is 4.84. The van der Waals surface area contributed by atoms with Crippen LogP contribution in [0.15, 0.2) is 4.90 Å². The van der Waals surface area contributed by atoms with Gasteiger partial charge in [-0.15, -0.1) is 0 Å². The Labute approximate surface area is 116 Å². The van der Waals surface area contributed by atoms with Crippen LogP contribution in [0.1, 0.15) is 17.8 Å². The normalized spacial score (nSPS) is 17.1. The van der Waals surface area contributed by atoms with E-state index in [4.69, 9.17) is 5.11 Å². The van der Waals surface area contributed by atoms with Crippen molar-refractivity contribution in [2.24, 2.45) is 0 Å². The molecule has 0 aliphatic carbocycles. The summed E-state index contributed by atoms with van der Waals surface area (Å²) in [6, 6.07) is 0. The number of hydrogen-bond donors (Lipinski definition) is 2. The van der Waals surface area contributed by atoms with E-state index in [-0.39, 0.29) is 31.0 Å². The summed E-state index contributed by atoms with van der Waals surface area (Å²) in [6.45, 7) is 3.47. The molecule has 0 radical (unpaired) electrons. The maximum Gasteiger partial charge on any atom is 0.305 e. The average Bonchev–Trinajstić information content (AvgIpc) is 2.58. The van der Waals surface area contributed by atoms with Crippen LogP contribution in [0.3, 0.4) is 0 Å². The maximum atomic E-state index is 12.4. The Morgan fingerprint density at radius 1 is 1.40 bits per heavy atom. The van der Waals surface area contributed by atoms with Crippen molar-refractivity contribution in [2.45, 2.75) is 37.8 Å². The quantitative estimate of drug-likeness (QED) is 0.746. The molecule has 9 heteroatoms. The summed E-state index contributed by atoms with van der Waals surface area (Å²) in [4.78, 5) is 10.7. The van der Waals surface area contributed by atoms with Crippen LogP contribution in [0.4, 0.5) is 0 Å². The summed E-state index contributed by atoms with van der Waals surface area (Å²) in [6.07, 6.45) is -0.739. The van der Waals surface area contributed by atoms with Crippen molar-refractivity contribution >= 4 is 16.0 Å². The van der Waals surface area contributed by atoms with Gasteiger partial charge in [-0.2, -0.15) is 9.40 Å². The Balaban J connectivity index is 2.30. The van der Waals surface area contributed by atoms with E-state index >= 15 is 0 Å². The van der Waals surface area contributed by atoms with Crippen molar-refractivity contribution in [1.29, 1.82) is 0 Å². The molecule has 2 N–H and O–H groups in total. The van der Waals surface area contributed by atoms with Crippen molar-refractivity contribution in [1.82, 2.24) is 14.1 Å². The van der Waals surface area contributed by atoms with Crippen LogP contribution in [0.2, 0.25) is 0 Å². The molecule has 1 aromatic heterocycles. The first-order valence-corrected chi connectivity index (χ1v) is 7.61. The van der Waals surface area contributed by atoms with Gasteiger partial charge in [0.2, 0.25) is 10.0 Å². The summed E-state index contributed by atoms with van der Waals surface area (Å²) in [5.74, 6) is -0.965. The molecule has 2 rings (SSSR count). The van der Waals surface area contributed by atoms with E-state index < -0.39 is 22.1 Å². The summed E-state index contributed by atoms with van der Waals surface area (Å²) in [7, 11) is -3.67. The standard InChI is InChI=1S/C11H17N3O5S/c1-7-11(20(18,19)13-5-9(15)6-13)8(2)14(12-7)4-3-10(16)17/h9,15H,3-6H2,1-2H3,(H,16,17). The van der Waals surface area contributed by atoms with E-state index in [1.165, 1.54) is 8.99 Å². The van der Waals surface area contributed by atoms with Gasteiger partial charge in [0.05, 0.1) is 30.5 Å². The lowest BCUT2D eigenvalue weighted by atomic mass is 10.2. The molecule has 0 aromatic carbocycles. The van der Waals surface area contributed by atoms with Crippen LogP contribution in [0.5, 0.6) is 0 Å². The zero-order valence-corrected chi connectivity index (χ0v) is 12.1. The zero-order valence-electron chi connectivity index (χ0n) is 11.3. The molecule has 0 unspecified atom stereocenters. The molecule has 0 saturated carbocycles. The van der Waals surface area contributed by atoms with Gasteiger partial charge in [-0.05, 0) is 13.8 Å². The van der Waals surface area contributed by atoms with Gasteiger partial charge >= 0.3 is 5.97 Å². The van der Waals surface area contributed by atoms with E-state index in [0.717, 1.165) is 0 Å². The van der Waals surface area contributed by atoms with E-state index in [0.29, 0.717) is 11.4 Å². The fraction of sp³-hybridized carbons (Fsp3) is 0.636. The van der Waals surface area contributed by atoms with Gasteiger partial charge in [0.15, 0.2) is 0 Å². The minimum absolute atomic E-state index is 0.0848. The van der Waals surface area contributed by atoms with Crippen LogP contribution < -0.4 is 0 Å². The zero-order chi connectivity index (χ0) is 15.1.